The number of benzene rings is 1. The Morgan fingerprint density at radius 2 is 1.90 bits per heavy atom. The van der Waals surface area contributed by atoms with Crippen LogP contribution in [0.15, 0.2) is 35.1 Å². The Morgan fingerprint density at radius 3 is 2.70 bits per heavy atom. The third-order valence-corrected chi connectivity index (χ3v) is 4.76. The Balaban J connectivity index is 1.86. The van der Waals surface area contributed by atoms with Crippen molar-refractivity contribution in [3.05, 3.63) is 44.7 Å². The van der Waals surface area contributed by atoms with E-state index in [9.17, 15) is 9.59 Å². The summed E-state index contributed by atoms with van der Waals surface area (Å²) in [6, 6.07) is 9.50. The van der Waals surface area contributed by atoms with Crippen LogP contribution in [-0.2, 0) is 0 Å². The molecule has 1 fully saturated rings. The Morgan fingerprint density at radius 1 is 1.15 bits per heavy atom. The third kappa shape index (κ3) is 2.75. The summed E-state index contributed by atoms with van der Waals surface area (Å²) < 4.78 is -0.0445. The lowest BCUT2D eigenvalue weighted by Crippen LogP contribution is -2.36. The first-order chi connectivity index (χ1) is 9.74. The van der Waals surface area contributed by atoms with E-state index < -0.39 is 0 Å². The molecule has 3 nitrogen and oxygen atoms in total. The van der Waals surface area contributed by atoms with Gasteiger partial charge >= 0.3 is 0 Å². The van der Waals surface area contributed by atoms with Gasteiger partial charge in [-0.05, 0) is 30.4 Å². The Bertz CT molecular complexity index is 686. The van der Waals surface area contributed by atoms with E-state index in [4.69, 9.17) is 0 Å². The van der Waals surface area contributed by atoms with Crippen LogP contribution in [-0.4, -0.2) is 11.9 Å². The number of hydrogen-bond acceptors (Lipinski definition) is 3. The number of carbonyl (C=O) groups excluding carboxylic acids is 1. The lowest BCUT2D eigenvalue weighted by atomic mass is 9.95. The first-order valence-electron chi connectivity index (χ1n) is 7.08. The molecule has 0 bridgehead atoms. The van der Waals surface area contributed by atoms with Crippen molar-refractivity contribution in [3.63, 3.8) is 0 Å². The normalized spacial score (nSPS) is 16.2. The summed E-state index contributed by atoms with van der Waals surface area (Å²) in [5.41, 5.74) is 0. The van der Waals surface area contributed by atoms with Gasteiger partial charge in [-0.15, -0.1) is 0 Å². The van der Waals surface area contributed by atoms with E-state index in [1.54, 1.807) is 6.07 Å². The zero-order valence-electron chi connectivity index (χ0n) is 11.2. The van der Waals surface area contributed by atoms with Gasteiger partial charge in [0.1, 0.15) is 0 Å². The van der Waals surface area contributed by atoms with Gasteiger partial charge in [0, 0.05) is 11.4 Å². The van der Waals surface area contributed by atoms with Crippen LogP contribution < -0.4 is 10.1 Å². The van der Waals surface area contributed by atoms with Gasteiger partial charge in [-0.1, -0.05) is 48.8 Å². The third-order valence-electron chi connectivity index (χ3n) is 3.83. The maximum Gasteiger partial charge on any atom is 0.261 e. The van der Waals surface area contributed by atoms with Crippen molar-refractivity contribution in [2.24, 2.45) is 0 Å². The van der Waals surface area contributed by atoms with Crippen molar-refractivity contribution >= 4 is 28.0 Å². The van der Waals surface area contributed by atoms with Crippen LogP contribution in [0.3, 0.4) is 0 Å². The summed E-state index contributed by atoms with van der Waals surface area (Å²) in [5, 5.41) is 4.58. The van der Waals surface area contributed by atoms with E-state index >= 15 is 0 Å². The SMILES string of the molecule is O=C(NC1CCCCC1)c1cc2ccccc2c(=O)s1. The number of amides is 1. The molecule has 1 N–H and O–H groups in total. The standard InChI is InChI=1S/C16H17NO2S/c18-15(17-12-7-2-1-3-8-12)14-10-11-6-4-5-9-13(11)16(19)20-14/h4-6,9-10,12H,1-3,7-8H2,(H,17,18). The van der Waals surface area contributed by atoms with Gasteiger partial charge in [0.15, 0.2) is 0 Å². The van der Waals surface area contributed by atoms with E-state index in [1.165, 1.54) is 19.3 Å². The zero-order chi connectivity index (χ0) is 13.9. The summed E-state index contributed by atoms with van der Waals surface area (Å²) in [6.07, 6.45) is 5.72. The van der Waals surface area contributed by atoms with Crippen LogP contribution in [0.4, 0.5) is 0 Å². The summed E-state index contributed by atoms with van der Waals surface area (Å²) >= 11 is 1.04. The highest BCUT2D eigenvalue weighted by molar-refractivity contribution is 7.12. The minimum Gasteiger partial charge on any atom is -0.349 e. The van der Waals surface area contributed by atoms with Crippen LogP contribution in [0.2, 0.25) is 0 Å². The van der Waals surface area contributed by atoms with E-state index in [0.29, 0.717) is 10.3 Å². The number of carbonyl (C=O) groups is 1. The second-order valence-electron chi connectivity index (χ2n) is 5.29. The first-order valence-corrected chi connectivity index (χ1v) is 7.89. The maximum atomic E-state index is 12.3. The number of hydrogen-bond donors (Lipinski definition) is 1. The zero-order valence-corrected chi connectivity index (χ0v) is 12.0. The van der Waals surface area contributed by atoms with Crippen LogP contribution in [0.25, 0.3) is 10.8 Å². The number of rotatable bonds is 2. The molecule has 1 aliphatic rings. The van der Waals surface area contributed by atoms with Crippen LogP contribution in [0, 0.1) is 0 Å². The van der Waals surface area contributed by atoms with E-state index in [2.05, 4.69) is 5.32 Å². The van der Waals surface area contributed by atoms with Gasteiger partial charge in [-0.2, -0.15) is 0 Å². The molecule has 0 aliphatic heterocycles. The van der Waals surface area contributed by atoms with Crippen LogP contribution >= 0.6 is 11.3 Å². The van der Waals surface area contributed by atoms with Gasteiger partial charge in [-0.3, -0.25) is 9.59 Å². The Labute approximate surface area is 121 Å². The summed E-state index contributed by atoms with van der Waals surface area (Å²) in [4.78, 5) is 24.8. The fourth-order valence-corrected chi connectivity index (χ4v) is 3.58. The first kappa shape index (κ1) is 13.3. The van der Waals surface area contributed by atoms with E-state index in [0.717, 1.165) is 29.6 Å². The molecule has 0 atom stereocenters. The fraction of sp³-hybridized carbons (Fsp3) is 0.375. The lowest BCUT2D eigenvalue weighted by Gasteiger charge is -2.22. The molecule has 0 spiro atoms. The molecule has 3 rings (SSSR count). The molecule has 0 unspecified atom stereocenters. The highest BCUT2D eigenvalue weighted by atomic mass is 32.1. The van der Waals surface area contributed by atoms with Crippen molar-refractivity contribution in [1.82, 2.24) is 5.32 Å². The van der Waals surface area contributed by atoms with Crippen LogP contribution in [0.1, 0.15) is 41.8 Å². The molecule has 0 saturated heterocycles. The summed E-state index contributed by atoms with van der Waals surface area (Å²) in [6.45, 7) is 0. The van der Waals surface area contributed by atoms with Gasteiger partial charge in [0.2, 0.25) is 4.74 Å². The fourth-order valence-electron chi connectivity index (χ4n) is 2.75. The Hall–Kier alpha value is -1.68. The smallest absolute Gasteiger partial charge is 0.261 e. The lowest BCUT2D eigenvalue weighted by molar-refractivity contribution is 0.0932. The molecule has 1 amide bonds. The molecule has 20 heavy (non-hydrogen) atoms. The van der Waals surface area contributed by atoms with Crippen molar-refractivity contribution in [3.8, 4) is 0 Å². The quantitative estimate of drug-likeness (QED) is 0.921. The van der Waals surface area contributed by atoms with E-state index in [1.807, 2.05) is 24.3 Å². The molecule has 4 heteroatoms. The van der Waals surface area contributed by atoms with Crippen molar-refractivity contribution in [1.29, 1.82) is 0 Å². The largest absolute Gasteiger partial charge is 0.349 e. The molecule has 0 radical (unpaired) electrons. The van der Waals surface area contributed by atoms with Gasteiger partial charge in [-0.25, -0.2) is 0 Å². The predicted molar refractivity (Wildman–Crippen MR) is 82.4 cm³/mol. The molecule has 2 aromatic rings. The van der Waals surface area contributed by atoms with Crippen molar-refractivity contribution in [2.45, 2.75) is 38.1 Å². The van der Waals surface area contributed by atoms with Crippen LogP contribution in [0.5, 0.6) is 0 Å². The minimum atomic E-state index is -0.107. The second kappa shape index (κ2) is 5.75. The Kier molecular flexibility index (Phi) is 3.83. The molecular weight excluding hydrogens is 270 g/mol. The average molecular weight is 287 g/mol. The predicted octanol–water partition coefficient (Wildman–Crippen LogP) is 3.32. The highest BCUT2D eigenvalue weighted by Crippen LogP contribution is 2.19. The van der Waals surface area contributed by atoms with Crippen molar-refractivity contribution in [2.75, 3.05) is 0 Å². The molecular formula is C16H17NO2S. The summed E-state index contributed by atoms with van der Waals surface area (Å²) in [7, 11) is 0. The van der Waals surface area contributed by atoms with Gasteiger partial charge in [0.25, 0.3) is 5.91 Å². The molecule has 1 heterocycles. The number of nitrogens with one attached hydrogen (secondary N) is 1. The highest BCUT2D eigenvalue weighted by Gasteiger charge is 2.17. The minimum absolute atomic E-state index is 0.0445. The average Bonchev–Trinajstić information content (AvgIpc) is 2.48. The second-order valence-corrected chi connectivity index (χ2v) is 6.31. The molecule has 104 valence electrons. The number of fused-ring (bicyclic) bond motifs is 1. The van der Waals surface area contributed by atoms with Crippen molar-refractivity contribution < 1.29 is 4.79 Å². The van der Waals surface area contributed by atoms with Gasteiger partial charge < -0.3 is 5.32 Å². The van der Waals surface area contributed by atoms with E-state index in [-0.39, 0.29) is 16.7 Å². The molecule has 1 aliphatic carbocycles. The maximum absolute atomic E-state index is 12.3. The summed E-state index contributed by atoms with van der Waals surface area (Å²) in [5.74, 6) is -0.107. The molecule has 1 aromatic heterocycles. The molecule has 1 saturated carbocycles. The molecule has 1 aromatic carbocycles. The monoisotopic (exact) mass is 287 g/mol. The van der Waals surface area contributed by atoms with Gasteiger partial charge in [0.05, 0.1) is 4.88 Å². The topological polar surface area (TPSA) is 46.2 Å².